The number of ether oxygens (including phenoxy) is 1. The number of aromatic nitrogens is 4. The van der Waals surface area contributed by atoms with Gasteiger partial charge in [0.25, 0.3) is 0 Å². The van der Waals surface area contributed by atoms with Crippen molar-refractivity contribution in [2.24, 2.45) is 17.8 Å². The fraction of sp³-hybridized carbons (Fsp3) is 0.579. The summed E-state index contributed by atoms with van der Waals surface area (Å²) in [6.07, 6.45) is 3.29. The van der Waals surface area contributed by atoms with Crippen molar-refractivity contribution in [2.75, 3.05) is 5.75 Å². The first kappa shape index (κ1) is 20.1. The van der Waals surface area contributed by atoms with E-state index in [0.29, 0.717) is 27.9 Å². The average molecular weight is 409 g/mol. The van der Waals surface area contributed by atoms with Crippen LogP contribution in [0.3, 0.4) is 0 Å². The molecule has 1 aromatic carbocycles. The molecule has 1 saturated carbocycles. The van der Waals surface area contributed by atoms with Crippen molar-refractivity contribution < 1.29 is 9.53 Å². The van der Waals surface area contributed by atoms with Crippen LogP contribution >= 0.6 is 23.4 Å². The van der Waals surface area contributed by atoms with Crippen LogP contribution in [0.25, 0.3) is 5.69 Å². The van der Waals surface area contributed by atoms with Crippen molar-refractivity contribution in [1.82, 2.24) is 20.2 Å². The molecule has 6 nitrogen and oxygen atoms in total. The molecule has 0 unspecified atom stereocenters. The largest absolute Gasteiger partial charge is 0.461 e. The summed E-state index contributed by atoms with van der Waals surface area (Å²) in [4.78, 5) is 12.4. The molecule has 0 N–H and O–H groups in total. The molecule has 0 saturated heterocycles. The van der Waals surface area contributed by atoms with Gasteiger partial charge in [-0.2, -0.15) is 4.68 Å². The molecule has 0 aliphatic heterocycles. The van der Waals surface area contributed by atoms with Gasteiger partial charge in [-0.25, -0.2) is 0 Å². The minimum Gasteiger partial charge on any atom is -0.461 e. The maximum absolute atomic E-state index is 12.4. The smallest absolute Gasteiger partial charge is 0.316 e. The van der Waals surface area contributed by atoms with E-state index in [1.165, 1.54) is 18.2 Å². The molecule has 3 rings (SSSR count). The van der Waals surface area contributed by atoms with Gasteiger partial charge in [-0.05, 0) is 65.3 Å². The van der Waals surface area contributed by atoms with Crippen molar-refractivity contribution >= 4 is 29.3 Å². The van der Waals surface area contributed by atoms with E-state index < -0.39 is 0 Å². The van der Waals surface area contributed by atoms with Gasteiger partial charge in [0.15, 0.2) is 0 Å². The van der Waals surface area contributed by atoms with Crippen molar-refractivity contribution in [3.8, 4) is 5.69 Å². The first-order valence-corrected chi connectivity index (χ1v) is 10.7. The Morgan fingerprint density at radius 2 is 2.07 bits per heavy atom. The Balaban J connectivity index is 1.59. The minimum atomic E-state index is -0.213. The Morgan fingerprint density at radius 3 is 2.78 bits per heavy atom. The predicted octanol–water partition coefficient (Wildman–Crippen LogP) is 4.41. The number of carbonyl (C=O) groups is 1. The van der Waals surface area contributed by atoms with Gasteiger partial charge in [-0.15, -0.1) is 5.10 Å². The Kier molecular flexibility index (Phi) is 6.76. The zero-order valence-electron chi connectivity index (χ0n) is 15.8. The topological polar surface area (TPSA) is 69.9 Å². The lowest BCUT2D eigenvalue weighted by Gasteiger charge is -2.36. The molecular weight excluding hydrogens is 384 g/mol. The third-order valence-corrected chi connectivity index (χ3v) is 6.22. The van der Waals surface area contributed by atoms with Gasteiger partial charge in [0, 0.05) is 5.02 Å². The second-order valence-electron chi connectivity index (χ2n) is 7.49. The maximum atomic E-state index is 12.4. The quantitative estimate of drug-likeness (QED) is 0.520. The lowest BCUT2D eigenvalue weighted by Crippen LogP contribution is -2.36. The Labute approximate surface area is 169 Å². The predicted molar refractivity (Wildman–Crippen MR) is 106 cm³/mol. The van der Waals surface area contributed by atoms with Crippen LogP contribution in [0.15, 0.2) is 29.4 Å². The summed E-state index contributed by atoms with van der Waals surface area (Å²) in [5.41, 5.74) is 0.793. The summed E-state index contributed by atoms with van der Waals surface area (Å²) in [7, 11) is 0. The van der Waals surface area contributed by atoms with Crippen molar-refractivity contribution in [2.45, 2.75) is 51.3 Å². The van der Waals surface area contributed by atoms with Crippen LogP contribution in [0.4, 0.5) is 0 Å². The number of hydrogen-bond acceptors (Lipinski definition) is 6. The average Bonchev–Trinajstić information content (AvgIpc) is 3.09. The molecule has 1 heterocycles. The van der Waals surface area contributed by atoms with Crippen molar-refractivity contribution in [1.29, 1.82) is 0 Å². The lowest BCUT2D eigenvalue weighted by molar-refractivity contribution is -0.152. The summed E-state index contributed by atoms with van der Waals surface area (Å²) < 4.78 is 7.43. The number of halogens is 1. The van der Waals surface area contributed by atoms with Crippen LogP contribution in [0, 0.1) is 17.8 Å². The first-order valence-electron chi connectivity index (χ1n) is 9.30. The molecule has 1 aromatic heterocycles. The second kappa shape index (κ2) is 9.06. The number of rotatable bonds is 6. The second-order valence-corrected chi connectivity index (χ2v) is 8.87. The molecule has 146 valence electrons. The van der Waals surface area contributed by atoms with Crippen LogP contribution in [0.1, 0.15) is 40.0 Å². The van der Waals surface area contributed by atoms with Gasteiger partial charge in [0.2, 0.25) is 5.16 Å². The monoisotopic (exact) mass is 408 g/mol. The van der Waals surface area contributed by atoms with E-state index in [1.807, 2.05) is 12.1 Å². The van der Waals surface area contributed by atoms with E-state index >= 15 is 0 Å². The van der Waals surface area contributed by atoms with Gasteiger partial charge in [-0.3, -0.25) is 4.79 Å². The number of tetrazole rings is 1. The molecule has 1 aliphatic carbocycles. The summed E-state index contributed by atoms with van der Waals surface area (Å²) in [5.74, 6) is 1.52. The fourth-order valence-corrected chi connectivity index (χ4v) is 4.39. The van der Waals surface area contributed by atoms with Crippen LogP contribution in [0.2, 0.25) is 5.02 Å². The van der Waals surface area contributed by atoms with E-state index in [2.05, 4.69) is 36.3 Å². The summed E-state index contributed by atoms with van der Waals surface area (Å²) in [5, 5.41) is 12.9. The van der Waals surface area contributed by atoms with Crippen LogP contribution in [0.5, 0.6) is 0 Å². The van der Waals surface area contributed by atoms with Gasteiger partial charge in [0.1, 0.15) is 6.10 Å². The summed E-state index contributed by atoms with van der Waals surface area (Å²) in [6.45, 7) is 6.64. The number of thioether (sulfide) groups is 1. The van der Waals surface area contributed by atoms with Crippen LogP contribution in [-0.4, -0.2) is 38.0 Å². The molecule has 8 heteroatoms. The zero-order valence-corrected chi connectivity index (χ0v) is 17.4. The molecular formula is C19H25ClN4O2S. The standard InChI is InChI=1S/C19H25ClN4O2S/c1-12(2)16-9-4-13(3)10-17(16)26-18(25)11-27-19-21-22-23-24(19)15-7-5-14(20)6-8-15/h5-8,12-13,16-17H,4,9-11H2,1-3H3/t13-,16+,17-/m1/s1. The highest BCUT2D eigenvalue weighted by Crippen LogP contribution is 2.35. The molecule has 3 atom stereocenters. The molecule has 0 bridgehead atoms. The number of hydrogen-bond donors (Lipinski definition) is 0. The molecule has 0 spiro atoms. The minimum absolute atomic E-state index is 0.00844. The Hall–Kier alpha value is -1.60. The SMILES string of the molecule is CC(C)[C@@H]1CC[C@@H](C)C[C@H]1OC(=O)CSc1nnnn1-c1ccc(Cl)cc1. The highest BCUT2D eigenvalue weighted by atomic mass is 35.5. The third kappa shape index (κ3) is 5.23. The molecule has 27 heavy (non-hydrogen) atoms. The number of nitrogens with zero attached hydrogens (tertiary/aromatic N) is 4. The molecule has 0 amide bonds. The highest BCUT2D eigenvalue weighted by Gasteiger charge is 2.33. The number of esters is 1. The summed E-state index contributed by atoms with van der Waals surface area (Å²) in [6, 6.07) is 7.21. The number of carbonyl (C=O) groups excluding carboxylic acids is 1. The van der Waals surface area contributed by atoms with Gasteiger partial charge < -0.3 is 4.74 Å². The van der Waals surface area contributed by atoms with Crippen molar-refractivity contribution in [3.05, 3.63) is 29.3 Å². The van der Waals surface area contributed by atoms with Gasteiger partial charge >= 0.3 is 5.97 Å². The van der Waals surface area contributed by atoms with E-state index in [9.17, 15) is 4.79 Å². The van der Waals surface area contributed by atoms with Crippen LogP contribution in [-0.2, 0) is 9.53 Å². The lowest BCUT2D eigenvalue weighted by atomic mass is 9.75. The van der Waals surface area contributed by atoms with E-state index in [4.69, 9.17) is 16.3 Å². The molecule has 1 aliphatic rings. The zero-order chi connectivity index (χ0) is 19.4. The number of benzene rings is 1. The van der Waals surface area contributed by atoms with Gasteiger partial charge in [-0.1, -0.05) is 50.6 Å². The summed E-state index contributed by atoms with van der Waals surface area (Å²) >= 11 is 7.20. The molecule has 0 radical (unpaired) electrons. The third-order valence-electron chi connectivity index (χ3n) is 5.08. The van der Waals surface area contributed by atoms with Crippen molar-refractivity contribution in [3.63, 3.8) is 0 Å². The van der Waals surface area contributed by atoms with Crippen LogP contribution < -0.4 is 0 Å². The highest BCUT2D eigenvalue weighted by molar-refractivity contribution is 7.99. The molecule has 2 aromatic rings. The Morgan fingerprint density at radius 1 is 1.33 bits per heavy atom. The van der Waals surface area contributed by atoms with E-state index in [0.717, 1.165) is 18.5 Å². The maximum Gasteiger partial charge on any atom is 0.316 e. The first-order chi connectivity index (χ1) is 12.9. The van der Waals surface area contributed by atoms with E-state index in [1.54, 1.807) is 16.8 Å². The molecule has 1 fully saturated rings. The van der Waals surface area contributed by atoms with E-state index in [-0.39, 0.29) is 17.8 Å². The van der Waals surface area contributed by atoms with Gasteiger partial charge in [0.05, 0.1) is 11.4 Å². The Bertz CT molecular complexity index is 765. The normalized spacial score (nSPS) is 22.8. The fourth-order valence-electron chi connectivity index (χ4n) is 3.59.